The molecule has 124 valence electrons. The van der Waals surface area contributed by atoms with Crippen LogP contribution in [0.5, 0.6) is 0 Å². The zero-order chi connectivity index (χ0) is 14.9. The number of aryl methyl sites for hydroxylation is 1. The van der Waals surface area contributed by atoms with E-state index in [2.05, 4.69) is 41.8 Å². The van der Waals surface area contributed by atoms with Crippen LogP contribution in [0.15, 0.2) is 30.3 Å². The van der Waals surface area contributed by atoms with Crippen LogP contribution in [0.1, 0.15) is 44.6 Å². The summed E-state index contributed by atoms with van der Waals surface area (Å²) in [6.45, 7) is 4.32. The highest BCUT2D eigenvalue weighted by molar-refractivity contribution is 5.85. The largest absolute Gasteiger partial charge is 0.354 e. The molecule has 1 saturated heterocycles. The molecule has 22 heavy (non-hydrogen) atoms. The molecule has 1 amide bonds. The van der Waals surface area contributed by atoms with Gasteiger partial charge in [-0.3, -0.25) is 4.79 Å². The van der Waals surface area contributed by atoms with E-state index in [4.69, 9.17) is 0 Å². The fourth-order valence-corrected chi connectivity index (χ4v) is 2.95. The molecule has 0 bridgehead atoms. The maximum Gasteiger partial charge on any atom is 0.220 e. The average molecular weight is 325 g/mol. The molecule has 1 fully saturated rings. The second-order valence-electron chi connectivity index (χ2n) is 6.22. The van der Waals surface area contributed by atoms with Crippen molar-refractivity contribution in [2.24, 2.45) is 5.92 Å². The molecule has 0 aromatic heterocycles. The third-order valence-corrected chi connectivity index (χ3v) is 4.35. The fourth-order valence-electron chi connectivity index (χ4n) is 2.95. The third kappa shape index (κ3) is 7.28. The first kappa shape index (κ1) is 19.0. The molecule has 4 heteroatoms. The van der Waals surface area contributed by atoms with Gasteiger partial charge >= 0.3 is 0 Å². The maximum absolute atomic E-state index is 12.0. The van der Waals surface area contributed by atoms with E-state index in [-0.39, 0.29) is 24.4 Å². The van der Waals surface area contributed by atoms with Crippen molar-refractivity contribution in [3.8, 4) is 0 Å². The van der Waals surface area contributed by atoms with Crippen LogP contribution in [0.3, 0.4) is 0 Å². The molecule has 2 rings (SSSR count). The normalized spacial score (nSPS) is 16.6. The number of piperidine rings is 1. The van der Waals surface area contributed by atoms with Crippen molar-refractivity contribution in [1.82, 2.24) is 10.6 Å². The minimum atomic E-state index is 0. The number of rotatable bonds is 7. The lowest BCUT2D eigenvalue weighted by atomic mass is 9.93. The van der Waals surface area contributed by atoms with E-state index in [9.17, 15) is 4.79 Å². The topological polar surface area (TPSA) is 41.1 Å². The Bertz CT molecular complexity index is 418. The van der Waals surface area contributed by atoms with Gasteiger partial charge in [0.15, 0.2) is 0 Å². The second-order valence-corrected chi connectivity index (χ2v) is 6.22. The summed E-state index contributed by atoms with van der Waals surface area (Å²) in [4.78, 5) is 12.0. The van der Waals surface area contributed by atoms with Crippen LogP contribution >= 0.6 is 12.4 Å². The summed E-state index contributed by atoms with van der Waals surface area (Å²) in [5.41, 5.74) is 1.34. The van der Waals surface area contributed by atoms with Gasteiger partial charge in [-0.15, -0.1) is 12.4 Å². The Hall–Kier alpha value is -1.06. The molecule has 1 aliphatic rings. The van der Waals surface area contributed by atoms with Crippen molar-refractivity contribution in [3.63, 3.8) is 0 Å². The van der Waals surface area contributed by atoms with Gasteiger partial charge in [-0.25, -0.2) is 0 Å². The van der Waals surface area contributed by atoms with Gasteiger partial charge in [0.05, 0.1) is 0 Å². The van der Waals surface area contributed by atoms with Crippen LogP contribution in [0.25, 0.3) is 0 Å². The lowest BCUT2D eigenvalue weighted by Gasteiger charge is -2.22. The number of halogens is 1. The predicted molar refractivity (Wildman–Crippen MR) is 94.4 cm³/mol. The monoisotopic (exact) mass is 324 g/mol. The molecule has 1 heterocycles. The van der Waals surface area contributed by atoms with Gasteiger partial charge in [0.1, 0.15) is 0 Å². The maximum atomic E-state index is 12.0. The highest BCUT2D eigenvalue weighted by Gasteiger charge is 2.15. The second kappa shape index (κ2) is 10.6. The minimum Gasteiger partial charge on any atom is -0.354 e. The zero-order valence-corrected chi connectivity index (χ0v) is 14.3. The molecule has 0 spiro atoms. The lowest BCUT2D eigenvalue weighted by molar-refractivity contribution is -0.122. The summed E-state index contributed by atoms with van der Waals surface area (Å²) < 4.78 is 0. The van der Waals surface area contributed by atoms with Crippen LogP contribution in [0.2, 0.25) is 0 Å². The van der Waals surface area contributed by atoms with Gasteiger partial charge in [0.2, 0.25) is 5.91 Å². The number of nitrogens with one attached hydrogen (secondary N) is 2. The smallest absolute Gasteiger partial charge is 0.220 e. The van der Waals surface area contributed by atoms with Crippen molar-refractivity contribution in [3.05, 3.63) is 35.9 Å². The van der Waals surface area contributed by atoms with Crippen molar-refractivity contribution in [1.29, 1.82) is 0 Å². The number of carbonyl (C=O) groups is 1. The van der Waals surface area contributed by atoms with E-state index in [1.165, 1.54) is 18.4 Å². The Labute approximate surface area is 140 Å². The van der Waals surface area contributed by atoms with Gasteiger partial charge in [-0.1, -0.05) is 30.3 Å². The first-order valence-electron chi connectivity index (χ1n) is 8.28. The standard InChI is InChI=1S/C18H28N2O.ClH/c1-15(7-8-16-5-3-2-4-6-16)20-18(21)10-9-17-11-13-19-14-12-17;/h2-6,15,17,19H,7-14H2,1H3,(H,20,21);1H. The SMILES string of the molecule is CC(CCc1ccccc1)NC(=O)CCC1CCNCC1.Cl. The Morgan fingerprint density at radius 1 is 1.27 bits per heavy atom. The van der Waals surface area contributed by atoms with Crippen LogP contribution in [0.4, 0.5) is 0 Å². The molecule has 0 aliphatic carbocycles. The Morgan fingerprint density at radius 2 is 1.95 bits per heavy atom. The molecule has 1 aromatic rings. The van der Waals surface area contributed by atoms with Gasteiger partial charge < -0.3 is 10.6 Å². The molecule has 1 aromatic carbocycles. The highest BCUT2D eigenvalue weighted by atomic mass is 35.5. The van der Waals surface area contributed by atoms with Gasteiger partial charge in [0, 0.05) is 12.5 Å². The number of amides is 1. The van der Waals surface area contributed by atoms with Crippen molar-refractivity contribution < 1.29 is 4.79 Å². The van der Waals surface area contributed by atoms with Crippen molar-refractivity contribution >= 4 is 18.3 Å². The highest BCUT2D eigenvalue weighted by Crippen LogP contribution is 2.17. The van der Waals surface area contributed by atoms with Crippen LogP contribution in [0, 0.1) is 5.92 Å². The lowest BCUT2D eigenvalue weighted by Crippen LogP contribution is -2.34. The molecule has 0 radical (unpaired) electrons. The summed E-state index contributed by atoms with van der Waals surface area (Å²) in [5, 5.41) is 6.50. The summed E-state index contributed by atoms with van der Waals surface area (Å²) in [6.07, 6.45) is 6.19. The predicted octanol–water partition coefficient (Wildman–Crippen LogP) is 3.33. The van der Waals surface area contributed by atoms with E-state index in [1.54, 1.807) is 0 Å². The summed E-state index contributed by atoms with van der Waals surface area (Å²) >= 11 is 0. The molecule has 1 aliphatic heterocycles. The fraction of sp³-hybridized carbons (Fsp3) is 0.611. The molecule has 0 saturated carbocycles. The summed E-state index contributed by atoms with van der Waals surface area (Å²) in [6, 6.07) is 10.7. The van der Waals surface area contributed by atoms with Crippen LogP contribution in [-0.4, -0.2) is 25.0 Å². The van der Waals surface area contributed by atoms with Gasteiger partial charge in [-0.05, 0) is 63.6 Å². The van der Waals surface area contributed by atoms with E-state index < -0.39 is 0 Å². The Balaban J connectivity index is 0.00000242. The molecular formula is C18H29ClN2O. The number of benzene rings is 1. The van der Waals surface area contributed by atoms with Crippen LogP contribution < -0.4 is 10.6 Å². The Morgan fingerprint density at radius 3 is 2.64 bits per heavy atom. The van der Waals surface area contributed by atoms with E-state index in [0.29, 0.717) is 6.42 Å². The molecule has 3 nitrogen and oxygen atoms in total. The average Bonchev–Trinajstić information content (AvgIpc) is 2.53. The minimum absolute atomic E-state index is 0. The molecular weight excluding hydrogens is 296 g/mol. The first-order chi connectivity index (χ1) is 10.2. The Kier molecular flexibility index (Phi) is 9.17. The van der Waals surface area contributed by atoms with Crippen molar-refractivity contribution in [2.45, 2.75) is 51.5 Å². The van der Waals surface area contributed by atoms with E-state index in [1.807, 2.05) is 6.07 Å². The van der Waals surface area contributed by atoms with E-state index >= 15 is 0 Å². The quantitative estimate of drug-likeness (QED) is 0.807. The number of carbonyl (C=O) groups excluding carboxylic acids is 1. The van der Waals surface area contributed by atoms with Crippen LogP contribution in [-0.2, 0) is 11.2 Å². The van der Waals surface area contributed by atoms with E-state index in [0.717, 1.165) is 38.3 Å². The molecule has 1 atom stereocenters. The first-order valence-corrected chi connectivity index (χ1v) is 8.28. The zero-order valence-electron chi connectivity index (χ0n) is 13.5. The number of hydrogen-bond donors (Lipinski definition) is 2. The van der Waals surface area contributed by atoms with Crippen molar-refractivity contribution in [2.75, 3.05) is 13.1 Å². The third-order valence-electron chi connectivity index (χ3n) is 4.35. The molecule has 2 N–H and O–H groups in total. The molecule has 1 unspecified atom stereocenters. The van der Waals surface area contributed by atoms with Gasteiger partial charge in [0.25, 0.3) is 0 Å². The summed E-state index contributed by atoms with van der Waals surface area (Å²) in [5.74, 6) is 0.950. The van der Waals surface area contributed by atoms with Gasteiger partial charge in [-0.2, -0.15) is 0 Å². The number of hydrogen-bond acceptors (Lipinski definition) is 2. The summed E-state index contributed by atoms with van der Waals surface area (Å²) in [7, 11) is 0.